The van der Waals surface area contributed by atoms with E-state index in [1.165, 1.54) is 13.2 Å². The van der Waals surface area contributed by atoms with Crippen molar-refractivity contribution in [3.05, 3.63) is 94.3 Å². The number of phenols is 1. The molecule has 0 aromatic heterocycles. The van der Waals surface area contributed by atoms with Crippen molar-refractivity contribution in [1.29, 1.82) is 0 Å². The summed E-state index contributed by atoms with van der Waals surface area (Å²) in [6, 6.07) is 19.3. The third-order valence-electron chi connectivity index (χ3n) is 6.52. The highest BCUT2D eigenvalue weighted by atomic mass is 35.5. The van der Waals surface area contributed by atoms with E-state index in [0.29, 0.717) is 55.4 Å². The summed E-state index contributed by atoms with van der Waals surface area (Å²) in [6.07, 6.45) is 1.03. The van der Waals surface area contributed by atoms with Gasteiger partial charge in [0, 0.05) is 42.8 Å². The predicted octanol–water partition coefficient (Wildman–Crippen LogP) is 4.28. The highest BCUT2D eigenvalue weighted by Crippen LogP contribution is 2.30. The first-order valence-electron chi connectivity index (χ1n) is 12.0. The molecule has 4 rings (SSSR count). The van der Waals surface area contributed by atoms with Crippen LogP contribution in [0.2, 0.25) is 5.02 Å². The minimum absolute atomic E-state index is 0.0390. The van der Waals surface area contributed by atoms with Crippen molar-refractivity contribution in [2.75, 3.05) is 20.2 Å². The molecule has 1 aliphatic heterocycles. The quantitative estimate of drug-likeness (QED) is 0.379. The third kappa shape index (κ3) is 6.55. The van der Waals surface area contributed by atoms with Crippen molar-refractivity contribution in [3.63, 3.8) is 0 Å². The van der Waals surface area contributed by atoms with Crippen molar-refractivity contribution in [3.8, 4) is 11.5 Å². The first-order chi connectivity index (χ1) is 17.4. The van der Waals surface area contributed by atoms with E-state index in [9.17, 15) is 14.3 Å². The molecule has 0 unspecified atom stereocenters. The monoisotopic (exact) mass is 511 g/mol. The van der Waals surface area contributed by atoms with Crippen LogP contribution in [0.25, 0.3) is 0 Å². The number of ether oxygens (including phenoxy) is 1. The Balaban J connectivity index is 1.41. The highest BCUT2D eigenvalue weighted by Gasteiger charge is 2.36. The summed E-state index contributed by atoms with van der Waals surface area (Å²) >= 11 is 6.18. The van der Waals surface area contributed by atoms with Gasteiger partial charge in [-0.2, -0.15) is 0 Å². The number of rotatable bonds is 10. The fraction of sp³-hybridized carbons (Fsp3) is 0.321. The van der Waals surface area contributed by atoms with Gasteiger partial charge in [-0.25, -0.2) is 4.39 Å². The lowest BCUT2D eigenvalue weighted by atomic mass is 10.1. The van der Waals surface area contributed by atoms with E-state index in [-0.39, 0.29) is 29.6 Å². The Kier molecular flexibility index (Phi) is 8.80. The van der Waals surface area contributed by atoms with Gasteiger partial charge in [-0.1, -0.05) is 54.1 Å². The molecule has 1 aliphatic rings. The summed E-state index contributed by atoms with van der Waals surface area (Å²) in [5.41, 5.74) is 2.34. The van der Waals surface area contributed by atoms with E-state index < -0.39 is 0 Å². The molecule has 8 heteroatoms. The first-order valence-corrected chi connectivity index (χ1v) is 12.4. The Morgan fingerprint density at radius 3 is 2.69 bits per heavy atom. The first kappa shape index (κ1) is 25.9. The molecule has 190 valence electrons. The lowest BCUT2D eigenvalue weighted by Crippen LogP contribution is -2.43. The normalized spacial score (nSPS) is 17.8. The summed E-state index contributed by atoms with van der Waals surface area (Å²) in [7, 11) is 1.52. The number of likely N-dealkylation sites (tertiary alicyclic amines) is 1. The van der Waals surface area contributed by atoms with Crippen LogP contribution in [0.3, 0.4) is 0 Å². The predicted molar refractivity (Wildman–Crippen MR) is 139 cm³/mol. The standard InChI is InChI=1S/C28H31ClFN3O3/c1-36-26-11-5-8-21(27(26)34)16-32-23-15-25(33(18-23)17-19-6-4-9-22(29)14-19)28(35)31-13-12-20-7-2-3-10-24(20)30/h2-11,14,23,25,32,34H,12-13,15-18H2,1H3,(H,31,35)/t23-,25-/m0/s1. The van der Waals surface area contributed by atoms with Crippen molar-refractivity contribution in [1.82, 2.24) is 15.5 Å². The average Bonchev–Trinajstić information content (AvgIpc) is 3.27. The number of phenolic OH excluding ortho intramolecular Hbond substituents is 1. The second-order valence-electron chi connectivity index (χ2n) is 8.99. The molecule has 3 aromatic rings. The van der Waals surface area contributed by atoms with Crippen molar-refractivity contribution < 1.29 is 19.0 Å². The lowest BCUT2D eigenvalue weighted by molar-refractivity contribution is -0.125. The van der Waals surface area contributed by atoms with Crippen LogP contribution in [0.5, 0.6) is 11.5 Å². The summed E-state index contributed by atoms with van der Waals surface area (Å²) < 4.78 is 19.1. The van der Waals surface area contributed by atoms with Crippen LogP contribution in [0.1, 0.15) is 23.1 Å². The molecule has 0 bridgehead atoms. The van der Waals surface area contributed by atoms with E-state index in [1.807, 2.05) is 36.4 Å². The Morgan fingerprint density at radius 1 is 1.14 bits per heavy atom. The number of hydrogen-bond acceptors (Lipinski definition) is 5. The second kappa shape index (κ2) is 12.2. The Bertz CT molecular complexity index is 1190. The van der Waals surface area contributed by atoms with Gasteiger partial charge in [-0.3, -0.25) is 9.69 Å². The van der Waals surface area contributed by atoms with Gasteiger partial charge in [0.1, 0.15) is 5.82 Å². The second-order valence-corrected chi connectivity index (χ2v) is 9.43. The summed E-state index contributed by atoms with van der Waals surface area (Å²) in [5, 5.41) is 17.5. The smallest absolute Gasteiger partial charge is 0.237 e. The molecule has 36 heavy (non-hydrogen) atoms. The molecule has 1 heterocycles. The fourth-order valence-corrected chi connectivity index (χ4v) is 4.85. The van der Waals surface area contributed by atoms with E-state index in [4.69, 9.17) is 16.3 Å². The molecule has 3 N–H and O–H groups in total. The molecule has 0 spiro atoms. The van der Waals surface area contributed by atoms with Gasteiger partial charge in [0.05, 0.1) is 13.2 Å². The van der Waals surface area contributed by atoms with Crippen LogP contribution in [0, 0.1) is 5.82 Å². The average molecular weight is 512 g/mol. The van der Waals surface area contributed by atoms with Crippen LogP contribution in [0.15, 0.2) is 66.7 Å². The molecule has 3 aromatic carbocycles. The number of amides is 1. The van der Waals surface area contributed by atoms with Gasteiger partial charge >= 0.3 is 0 Å². The maximum atomic E-state index is 13.9. The van der Waals surface area contributed by atoms with Crippen molar-refractivity contribution >= 4 is 17.5 Å². The van der Waals surface area contributed by atoms with Gasteiger partial charge in [0.25, 0.3) is 0 Å². The molecule has 0 aliphatic carbocycles. The molecular weight excluding hydrogens is 481 g/mol. The topological polar surface area (TPSA) is 73.8 Å². The van der Waals surface area contributed by atoms with Gasteiger partial charge < -0.3 is 20.5 Å². The summed E-state index contributed by atoms with van der Waals surface area (Å²) in [5.74, 6) is 0.196. The Labute approximate surface area is 216 Å². The summed E-state index contributed by atoms with van der Waals surface area (Å²) in [4.78, 5) is 15.3. The molecule has 2 atom stereocenters. The molecule has 0 saturated carbocycles. The van der Waals surface area contributed by atoms with Gasteiger partial charge in [0.15, 0.2) is 11.5 Å². The maximum Gasteiger partial charge on any atom is 0.237 e. The van der Waals surface area contributed by atoms with Gasteiger partial charge in [-0.05, 0) is 48.2 Å². The van der Waals surface area contributed by atoms with E-state index in [1.54, 1.807) is 24.3 Å². The number of para-hydroxylation sites is 1. The van der Waals surface area contributed by atoms with E-state index in [0.717, 1.165) is 11.1 Å². The molecule has 0 radical (unpaired) electrons. The minimum Gasteiger partial charge on any atom is -0.504 e. The van der Waals surface area contributed by atoms with Crippen LogP contribution in [-0.4, -0.2) is 48.2 Å². The Hall–Kier alpha value is -3.13. The molecule has 1 amide bonds. The van der Waals surface area contributed by atoms with Crippen LogP contribution >= 0.6 is 11.6 Å². The maximum absolute atomic E-state index is 13.9. The van der Waals surface area contributed by atoms with Crippen molar-refractivity contribution in [2.24, 2.45) is 0 Å². The largest absolute Gasteiger partial charge is 0.504 e. The number of nitrogens with one attached hydrogen (secondary N) is 2. The minimum atomic E-state index is -0.346. The number of hydrogen-bond donors (Lipinski definition) is 3. The SMILES string of the molecule is COc1cccc(CN[C@H]2C[C@@H](C(=O)NCCc3ccccc3F)N(Cc3cccc(Cl)c3)C2)c1O. The van der Waals surface area contributed by atoms with E-state index in [2.05, 4.69) is 15.5 Å². The highest BCUT2D eigenvalue weighted by molar-refractivity contribution is 6.30. The van der Waals surface area contributed by atoms with Crippen LogP contribution in [0.4, 0.5) is 4.39 Å². The summed E-state index contributed by atoms with van der Waals surface area (Å²) in [6.45, 7) is 2.04. The Morgan fingerprint density at radius 2 is 1.92 bits per heavy atom. The number of halogens is 2. The number of benzene rings is 3. The zero-order valence-corrected chi connectivity index (χ0v) is 21.0. The van der Waals surface area contributed by atoms with Gasteiger partial charge in [0.2, 0.25) is 5.91 Å². The fourth-order valence-electron chi connectivity index (χ4n) is 4.64. The molecule has 1 saturated heterocycles. The molecule has 1 fully saturated rings. The number of aromatic hydroxyl groups is 1. The number of methoxy groups -OCH3 is 1. The zero-order valence-electron chi connectivity index (χ0n) is 20.2. The van der Waals surface area contributed by atoms with Gasteiger partial charge in [-0.15, -0.1) is 0 Å². The number of nitrogens with zero attached hydrogens (tertiary/aromatic N) is 1. The molecule has 6 nitrogen and oxygen atoms in total. The zero-order chi connectivity index (χ0) is 25.5. The van der Waals surface area contributed by atoms with Crippen molar-refractivity contribution in [2.45, 2.75) is 38.0 Å². The van der Waals surface area contributed by atoms with Crippen LogP contribution < -0.4 is 15.4 Å². The molecular formula is C28H31ClFN3O3. The lowest BCUT2D eigenvalue weighted by Gasteiger charge is -2.23. The van der Waals surface area contributed by atoms with E-state index >= 15 is 0 Å². The third-order valence-corrected chi connectivity index (χ3v) is 6.75. The number of carbonyl (C=O) groups is 1. The van der Waals surface area contributed by atoms with Crippen LogP contribution in [-0.2, 0) is 24.3 Å². The number of carbonyl (C=O) groups excluding carboxylic acids is 1.